The van der Waals surface area contributed by atoms with Gasteiger partial charge in [-0.3, -0.25) is 4.79 Å². The van der Waals surface area contributed by atoms with Crippen molar-refractivity contribution in [1.82, 2.24) is 4.31 Å². The number of hydrogen-bond acceptors (Lipinski definition) is 3. The summed E-state index contributed by atoms with van der Waals surface area (Å²) in [6.07, 6.45) is 0. The first kappa shape index (κ1) is 17.2. The highest BCUT2D eigenvalue weighted by Gasteiger charge is 2.38. The van der Waals surface area contributed by atoms with Gasteiger partial charge in [0.05, 0.1) is 10.4 Å². The molecule has 2 aromatic rings. The van der Waals surface area contributed by atoms with Crippen LogP contribution in [-0.2, 0) is 10.0 Å². The fourth-order valence-electron chi connectivity index (χ4n) is 2.29. The van der Waals surface area contributed by atoms with Crippen LogP contribution in [0.25, 0.3) is 0 Å². The van der Waals surface area contributed by atoms with Crippen LogP contribution < -0.4 is 0 Å². The average molecular weight is 331 g/mol. The smallest absolute Gasteiger partial charge is 0.268 e. The van der Waals surface area contributed by atoms with Crippen LogP contribution in [0.4, 0.5) is 0 Å². The molecule has 0 radical (unpaired) electrons. The average Bonchev–Trinajstić information content (AvgIpc) is 2.47. The maximum Gasteiger partial charge on any atom is 0.268 e. The monoisotopic (exact) mass is 331 g/mol. The molecule has 1 amide bonds. The molecule has 0 aliphatic heterocycles. The lowest BCUT2D eigenvalue weighted by atomic mass is 10.1. The van der Waals surface area contributed by atoms with Crippen LogP contribution in [0, 0.1) is 6.92 Å². The van der Waals surface area contributed by atoms with Crippen LogP contribution >= 0.6 is 0 Å². The van der Waals surface area contributed by atoms with E-state index >= 15 is 0 Å². The zero-order valence-corrected chi connectivity index (χ0v) is 14.6. The van der Waals surface area contributed by atoms with E-state index in [1.54, 1.807) is 63.2 Å². The molecule has 4 nitrogen and oxygen atoms in total. The molecule has 0 saturated carbocycles. The highest BCUT2D eigenvalue weighted by atomic mass is 32.2. The van der Waals surface area contributed by atoms with Crippen molar-refractivity contribution in [2.75, 3.05) is 0 Å². The molecule has 0 N–H and O–H groups in total. The second-order valence-corrected chi connectivity index (χ2v) is 8.21. The molecule has 23 heavy (non-hydrogen) atoms. The van der Waals surface area contributed by atoms with E-state index in [9.17, 15) is 13.2 Å². The third kappa shape index (κ3) is 3.62. The number of carbonyl (C=O) groups excluding carboxylic acids is 1. The number of amides is 1. The SMILES string of the molecule is Cc1ccc(S(=O)(=O)N(C(=O)c2ccccc2)C(C)(C)C)cc1. The molecule has 0 bridgehead atoms. The van der Waals surface area contributed by atoms with E-state index in [4.69, 9.17) is 0 Å². The Morgan fingerprint density at radius 2 is 1.43 bits per heavy atom. The molecule has 0 spiro atoms. The van der Waals surface area contributed by atoms with Crippen molar-refractivity contribution in [2.45, 2.75) is 38.1 Å². The van der Waals surface area contributed by atoms with Crippen LogP contribution in [0.2, 0.25) is 0 Å². The summed E-state index contributed by atoms with van der Waals surface area (Å²) in [4.78, 5) is 12.9. The lowest BCUT2D eigenvalue weighted by Crippen LogP contribution is -2.49. The Morgan fingerprint density at radius 1 is 0.913 bits per heavy atom. The summed E-state index contributed by atoms with van der Waals surface area (Å²) in [6.45, 7) is 7.01. The van der Waals surface area contributed by atoms with Gasteiger partial charge in [-0.25, -0.2) is 12.7 Å². The summed E-state index contributed by atoms with van der Waals surface area (Å²) in [6, 6.07) is 15.0. The van der Waals surface area contributed by atoms with E-state index in [0.29, 0.717) is 5.56 Å². The lowest BCUT2D eigenvalue weighted by molar-refractivity contribution is 0.0773. The second kappa shape index (κ2) is 6.16. The van der Waals surface area contributed by atoms with E-state index in [1.807, 2.05) is 6.92 Å². The molecule has 0 heterocycles. The van der Waals surface area contributed by atoms with Crippen LogP contribution in [-0.4, -0.2) is 24.2 Å². The maximum absolute atomic E-state index is 13.0. The lowest BCUT2D eigenvalue weighted by Gasteiger charge is -2.34. The summed E-state index contributed by atoms with van der Waals surface area (Å²) in [5.74, 6) is -0.529. The molecule has 0 saturated heterocycles. The highest BCUT2D eigenvalue weighted by molar-refractivity contribution is 7.89. The van der Waals surface area contributed by atoms with Crippen molar-refractivity contribution in [3.05, 3.63) is 65.7 Å². The minimum absolute atomic E-state index is 0.113. The van der Waals surface area contributed by atoms with Gasteiger partial charge in [-0.05, 0) is 52.0 Å². The van der Waals surface area contributed by atoms with E-state index < -0.39 is 21.5 Å². The number of rotatable bonds is 3. The zero-order valence-electron chi connectivity index (χ0n) is 13.8. The first-order valence-electron chi connectivity index (χ1n) is 7.35. The Bertz CT molecular complexity index is 788. The predicted molar refractivity (Wildman–Crippen MR) is 90.7 cm³/mol. The molecule has 0 aromatic heterocycles. The number of nitrogens with zero attached hydrogens (tertiary/aromatic N) is 1. The van der Waals surface area contributed by atoms with Gasteiger partial charge in [0.1, 0.15) is 0 Å². The van der Waals surface area contributed by atoms with E-state index in [1.165, 1.54) is 12.1 Å². The molecule has 0 atom stereocenters. The van der Waals surface area contributed by atoms with E-state index in [2.05, 4.69) is 0 Å². The van der Waals surface area contributed by atoms with Crippen molar-refractivity contribution in [3.63, 3.8) is 0 Å². The van der Waals surface area contributed by atoms with Gasteiger partial charge in [-0.1, -0.05) is 35.9 Å². The van der Waals surface area contributed by atoms with E-state index in [0.717, 1.165) is 9.87 Å². The summed E-state index contributed by atoms with van der Waals surface area (Å²) < 4.78 is 27.0. The third-order valence-electron chi connectivity index (χ3n) is 3.37. The number of benzene rings is 2. The largest absolute Gasteiger partial charge is 0.268 e. The van der Waals surface area contributed by atoms with Crippen molar-refractivity contribution in [1.29, 1.82) is 0 Å². The van der Waals surface area contributed by atoms with Gasteiger partial charge in [0.25, 0.3) is 15.9 Å². The van der Waals surface area contributed by atoms with Crippen molar-refractivity contribution in [2.24, 2.45) is 0 Å². The van der Waals surface area contributed by atoms with Gasteiger partial charge in [0.2, 0.25) is 0 Å². The molecule has 0 aliphatic carbocycles. The van der Waals surface area contributed by atoms with Gasteiger partial charge < -0.3 is 0 Å². The Kier molecular flexibility index (Phi) is 4.61. The minimum Gasteiger partial charge on any atom is -0.268 e. The number of carbonyl (C=O) groups is 1. The topological polar surface area (TPSA) is 54.5 Å². The quantitative estimate of drug-likeness (QED) is 0.863. The Hall–Kier alpha value is -2.14. The summed E-state index contributed by atoms with van der Waals surface area (Å²) in [7, 11) is -3.94. The molecule has 122 valence electrons. The first-order valence-corrected chi connectivity index (χ1v) is 8.79. The molecule has 5 heteroatoms. The Morgan fingerprint density at radius 3 is 1.91 bits per heavy atom. The summed E-state index contributed by atoms with van der Waals surface area (Å²) >= 11 is 0. The molecule has 0 aliphatic rings. The standard InChI is InChI=1S/C18H21NO3S/c1-14-10-12-16(13-11-14)23(21,22)19(18(2,3)4)17(20)15-8-6-5-7-9-15/h5-13H,1-4H3. The summed E-state index contributed by atoms with van der Waals surface area (Å²) in [5, 5.41) is 0. The third-order valence-corrected chi connectivity index (χ3v) is 5.44. The Labute approximate surface area is 137 Å². The van der Waals surface area contributed by atoms with Gasteiger partial charge >= 0.3 is 0 Å². The predicted octanol–water partition coefficient (Wildman–Crippen LogP) is 3.62. The van der Waals surface area contributed by atoms with Crippen LogP contribution in [0.1, 0.15) is 36.7 Å². The van der Waals surface area contributed by atoms with Crippen molar-refractivity contribution in [3.8, 4) is 0 Å². The molecule has 2 rings (SSSR count). The number of aryl methyl sites for hydroxylation is 1. The van der Waals surface area contributed by atoms with Gasteiger partial charge in [-0.2, -0.15) is 0 Å². The molecular formula is C18H21NO3S. The number of hydrogen-bond donors (Lipinski definition) is 0. The summed E-state index contributed by atoms with van der Waals surface area (Å²) in [5.41, 5.74) is 0.426. The van der Waals surface area contributed by atoms with Crippen LogP contribution in [0.3, 0.4) is 0 Å². The van der Waals surface area contributed by atoms with Crippen molar-refractivity contribution >= 4 is 15.9 Å². The molecule has 2 aromatic carbocycles. The second-order valence-electron chi connectivity index (χ2n) is 6.42. The highest BCUT2D eigenvalue weighted by Crippen LogP contribution is 2.27. The number of sulfonamides is 1. The van der Waals surface area contributed by atoms with Gasteiger partial charge in [0.15, 0.2) is 0 Å². The minimum atomic E-state index is -3.94. The van der Waals surface area contributed by atoms with Gasteiger partial charge in [0, 0.05) is 5.56 Å². The van der Waals surface area contributed by atoms with Crippen LogP contribution in [0.5, 0.6) is 0 Å². The van der Waals surface area contributed by atoms with Crippen molar-refractivity contribution < 1.29 is 13.2 Å². The van der Waals surface area contributed by atoms with E-state index in [-0.39, 0.29) is 4.90 Å². The Balaban J connectivity index is 2.55. The first-order chi connectivity index (χ1) is 10.6. The molecule has 0 unspecified atom stereocenters. The van der Waals surface area contributed by atoms with Gasteiger partial charge in [-0.15, -0.1) is 0 Å². The molecule has 0 fully saturated rings. The fourth-order valence-corrected chi connectivity index (χ4v) is 4.02. The molecular weight excluding hydrogens is 310 g/mol. The zero-order chi connectivity index (χ0) is 17.3. The fraction of sp³-hybridized carbons (Fsp3) is 0.278. The van der Waals surface area contributed by atoms with Crippen LogP contribution in [0.15, 0.2) is 59.5 Å². The normalized spacial score (nSPS) is 12.0. The maximum atomic E-state index is 13.0.